The van der Waals surface area contributed by atoms with Gasteiger partial charge in [-0.2, -0.15) is 0 Å². The molecule has 180 valence electrons. The highest BCUT2D eigenvalue weighted by Gasteiger charge is 2.38. The Morgan fingerprint density at radius 3 is 2.61 bits per heavy atom. The molecule has 1 aromatic carbocycles. The normalized spacial score (nSPS) is 15.7. The molecule has 0 radical (unpaired) electrons. The van der Waals surface area contributed by atoms with E-state index in [-0.39, 0.29) is 89.3 Å². The number of hydrogen-bond acceptors (Lipinski definition) is 9. The fourth-order valence-electron chi connectivity index (χ4n) is 3.31. The monoisotopic (exact) mass is 479 g/mol. The van der Waals surface area contributed by atoms with Crippen LogP contribution in [-0.4, -0.2) is 65.7 Å². The van der Waals surface area contributed by atoms with Gasteiger partial charge in [0.15, 0.2) is 17.3 Å². The Morgan fingerprint density at radius 1 is 1.27 bits per heavy atom. The molecule has 0 saturated carbocycles. The highest BCUT2D eigenvalue weighted by atomic mass is 32.2. The fourth-order valence-corrected chi connectivity index (χ4v) is 4.45. The van der Waals surface area contributed by atoms with Gasteiger partial charge in [0, 0.05) is 32.0 Å². The van der Waals surface area contributed by atoms with Gasteiger partial charge >= 0.3 is 0 Å². The molecule has 11 heteroatoms. The molecule has 1 N–H and O–H groups in total. The lowest BCUT2D eigenvalue weighted by atomic mass is 10.1. The molecule has 10 nitrogen and oxygen atoms in total. The van der Waals surface area contributed by atoms with E-state index in [0.717, 1.165) is 0 Å². The van der Waals surface area contributed by atoms with Crippen LogP contribution in [0.2, 0.25) is 0 Å². The maximum atomic E-state index is 12.3. The van der Waals surface area contributed by atoms with Crippen LogP contribution < -0.4 is 14.8 Å². The molecule has 0 spiro atoms. The molecule has 1 saturated heterocycles. The van der Waals surface area contributed by atoms with Crippen molar-refractivity contribution < 1.29 is 28.7 Å². The zero-order valence-electron chi connectivity index (χ0n) is 19.2. The Morgan fingerprint density at radius 2 is 2.00 bits per heavy atom. The summed E-state index contributed by atoms with van der Waals surface area (Å²) in [4.78, 5) is 60.3. The molecule has 1 aliphatic rings. The summed E-state index contributed by atoms with van der Waals surface area (Å²) in [5, 5.41) is 5.46. The zero-order valence-corrected chi connectivity index (χ0v) is 20.0. The summed E-state index contributed by atoms with van der Waals surface area (Å²) < 4.78 is 10.8. The number of ketones is 1. The predicted octanol–water partition coefficient (Wildman–Crippen LogP) is 2.84. The van der Waals surface area contributed by atoms with Crippen LogP contribution in [0, 0.1) is 4.91 Å². The molecule has 0 bridgehead atoms. The van der Waals surface area contributed by atoms with Gasteiger partial charge < -0.3 is 14.8 Å². The summed E-state index contributed by atoms with van der Waals surface area (Å²) in [5.74, 6) is -0.439. The summed E-state index contributed by atoms with van der Waals surface area (Å²) in [6.45, 7) is 5.77. The number of ether oxygens (including phenoxy) is 2. The Labute approximate surface area is 196 Å². The number of Topliss-reactive ketones (excluding diaryl/α,β-unsaturated/α-hetero) is 1. The van der Waals surface area contributed by atoms with Gasteiger partial charge in [0.2, 0.25) is 17.7 Å². The summed E-state index contributed by atoms with van der Waals surface area (Å²) in [5.41, 5.74) is 0.0914. The van der Waals surface area contributed by atoms with Crippen molar-refractivity contribution >= 4 is 41.0 Å². The molecule has 1 heterocycles. The predicted molar refractivity (Wildman–Crippen MR) is 124 cm³/mol. The number of amides is 3. The lowest BCUT2D eigenvalue weighted by Gasteiger charge is -2.16. The Bertz CT molecular complexity index is 919. The van der Waals surface area contributed by atoms with Gasteiger partial charge in [-0.1, -0.05) is 13.8 Å². The van der Waals surface area contributed by atoms with Crippen LogP contribution in [0.3, 0.4) is 0 Å². The summed E-state index contributed by atoms with van der Waals surface area (Å²) in [6, 6.07) is 2.73. The largest absolute Gasteiger partial charge is 0.493 e. The quantitative estimate of drug-likeness (QED) is 0.198. The van der Waals surface area contributed by atoms with Gasteiger partial charge in [-0.3, -0.25) is 24.1 Å². The van der Waals surface area contributed by atoms with E-state index in [1.54, 1.807) is 0 Å². The molecule has 2 rings (SSSR count). The standard InChI is InChI=1S/C22H29N3O7S/c1-13(2)33-19-12-21(28)25(22(19)29)8-7-23-20(27)6-5-9-32-18-11-16(24-30)15(14(3)26)10-17(18)31-4/h10-11,13,19H,5-9,12H2,1-4H3,(H,23,27). The fraction of sp³-hybridized carbons (Fsp3) is 0.545. The number of hydrogen-bond donors (Lipinski definition) is 1. The second-order valence-electron chi connectivity index (χ2n) is 7.73. The van der Waals surface area contributed by atoms with Gasteiger partial charge in [-0.15, -0.1) is 16.7 Å². The first kappa shape index (κ1) is 26.3. The maximum Gasteiger partial charge on any atom is 0.242 e. The number of likely N-dealkylation sites (tertiary alicyclic amines) is 1. The number of carbonyl (C=O) groups is 4. The lowest BCUT2D eigenvalue weighted by molar-refractivity contribution is -0.138. The number of nitrogens with one attached hydrogen (secondary N) is 1. The van der Waals surface area contributed by atoms with E-state index < -0.39 is 0 Å². The first-order valence-corrected chi connectivity index (χ1v) is 11.6. The van der Waals surface area contributed by atoms with Crippen molar-refractivity contribution in [2.75, 3.05) is 26.8 Å². The number of rotatable bonds is 13. The first-order chi connectivity index (χ1) is 15.7. The third-order valence-corrected chi connectivity index (χ3v) is 6.10. The molecule has 0 aromatic heterocycles. The van der Waals surface area contributed by atoms with Crippen LogP contribution in [0.5, 0.6) is 11.5 Å². The molecule has 1 atom stereocenters. The second-order valence-corrected chi connectivity index (χ2v) is 9.51. The number of thioether (sulfide) groups is 1. The van der Waals surface area contributed by atoms with E-state index >= 15 is 0 Å². The van der Waals surface area contributed by atoms with Crippen LogP contribution >= 0.6 is 11.8 Å². The lowest BCUT2D eigenvalue weighted by Crippen LogP contribution is -2.39. The van der Waals surface area contributed by atoms with Crippen molar-refractivity contribution in [3.8, 4) is 11.5 Å². The molecule has 1 fully saturated rings. The number of imide groups is 1. The highest BCUT2D eigenvalue weighted by molar-refractivity contribution is 8.01. The van der Waals surface area contributed by atoms with Gasteiger partial charge in [0.25, 0.3) is 0 Å². The van der Waals surface area contributed by atoms with Gasteiger partial charge in [-0.25, -0.2) is 0 Å². The zero-order chi connectivity index (χ0) is 24.5. The van der Waals surface area contributed by atoms with E-state index in [1.807, 2.05) is 13.8 Å². The van der Waals surface area contributed by atoms with E-state index in [1.165, 1.54) is 42.8 Å². The highest BCUT2D eigenvalue weighted by Crippen LogP contribution is 2.35. The van der Waals surface area contributed by atoms with E-state index in [4.69, 9.17) is 9.47 Å². The summed E-state index contributed by atoms with van der Waals surface area (Å²) >= 11 is 1.47. The minimum Gasteiger partial charge on any atom is -0.493 e. The van der Waals surface area contributed by atoms with Gasteiger partial charge in [0.05, 0.1) is 24.5 Å². The Hall–Kier alpha value is -2.95. The minimum atomic E-state index is -0.346. The van der Waals surface area contributed by atoms with Crippen LogP contribution in [0.4, 0.5) is 5.69 Å². The van der Waals surface area contributed by atoms with E-state index in [2.05, 4.69) is 10.5 Å². The third-order valence-electron chi connectivity index (χ3n) is 4.86. The average Bonchev–Trinajstić information content (AvgIpc) is 3.02. The molecule has 3 amide bonds. The number of benzene rings is 1. The van der Waals surface area contributed by atoms with Crippen molar-refractivity contribution in [3.63, 3.8) is 0 Å². The van der Waals surface area contributed by atoms with Gasteiger partial charge in [-0.05, 0) is 29.8 Å². The SMILES string of the molecule is COc1cc(C(C)=O)c(N=O)cc1OCCCC(=O)NCCN1C(=O)CC(SC(C)C)C1=O. The van der Waals surface area contributed by atoms with Crippen molar-refractivity contribution in [1.82, 2.24) is 10.2 Å². The smallest absolute Gasteiger partial charge is 0.242 e. The molecular formula is C22H29N3O7S. The van der Waals surface area contributed by atoms with Crippen LogP contribution in [0.25, 0.3) is 0 Å². The molecule has 1 aliphatic heterocycles. The Balaban J connectivity index is 1.76. The van der Waals surface area contributed by atoms with Crippen molar-refractivity contribution in [3.05, 3.63) is 22.6 Å². The molecule has 1 unspecified atom stereocenters. The number of nitrogens with zero attached hydrogens (tertiary/aromatic N) is 2. The topological polar surface area (TPSA) is 131 Å². The minimum absolute atomic E-state index is 0.0453. The first-order valence-electron chi connectivity index (χ1n) is 10.6. The van der Waals surface area contributed by atoms with Crippen LogP contribution in [0.1, 0.15) is 50.4 Å². The van der Waals surface area contributed by atoms with Crippen LogP contribution in [-0.2, 0) is 14.4 Å². The number of methoxy groups -OCH3 is 1. The second kappa shape index (κ2) is 12.3. The molecular weight excluding hydrogens is 450 g/mol. The van der Waals surface area contributed by atoms with Crippen molar-refractivity contribution in [2.45, 2.75) is 50.5 Å². The molecule has 1 aromatic rings. The maximum absolute atomic E-state index is 12.3. The molecule has 33 heavy (non-hydrogen) atoms. The third kappa shape index (κ3) is 7.28. The summed E-state index contributed by atoms with van der Waals surface area (Å²) in [6.07, 6.45) is 0.744. The number of nitroso groups, excluding NO2 is 1. The summed E-state index contributed by atoms with van der Waals surface area (Å²) in [7, 11) is 1.41. The molecule has 0 aliphatic carbocycles. The van der Waals surface area contributed by atoms with Gasteiger partial charge in [0.1, 0.15) is 5.69 Å². The van der Waals surface area contributed by atoms with Crippen LogP contribution in [0.15, 0.2) is 17.3 Å². The average molecular weight is 480 g/mol. The Kier molecular flexibility index (Phi) is 9.83. The number of carbonyl (C=O) groups excluding carboxylic acids is 4. The van der Waals surface area contributed by atoms with Crippen molar-refractivity contribution in [1.29, 1.82) is 0 Å². The van der Waals surface area contributed by atoms with E-state index in [9.17, 15) is 24.1 Å². The van der Waals surface area contributed by atoms with E-state index in [0.29, 0.717) is 6.42 Å². The van der Waals surface area contributed by atoms with Crippen molar-refractivity contribution in [2.24, 2.45) is 5.18 Å².